The Morgan fingerprint density at radius 3 is 1.14 bits per heavy atom. The summed E-state index contributed by atoms with van der Waals surface area (Å²) in [6, 6.07) is 36.2. The van der Waals surface area contributed by atoms with Gasteiger partial charge in [0.2, 0.25) is 0 Å². The van der Waals surface area contributed by atoms with Crippen LogP contribution in [0.2, 0.25) is 0 Å². The molecule has 0 heterocycles. The van der Waals surface area contributed by atoms with Gasteiger partial charge in [0.25, 0.3) is 0 Å². The molecule has 0 spiro atoms. The Balaban J connectivity index is 0.00000120. The Morgan fingerprint density at radius 1 is 0.379 bits per heavy atom. The first kappa shape index (κ1) is 20.3. The average Bonchev–Trinajstić information content (AvgIpc) is 2.73. The van der Waals surface area contributed by atoms with Gasteiger partial charge in [-0.2, -0.15) is 0 Å². The summed E-state index contributed by atoms with van der Waals surface area (Å²) in [4.78, 5) is 0. The number of hydrogen-bond acceptors (Lipinski definition) is 2. The quantitative estimate of drug-likeness (QED) is 0.291. The van der Waals surface area contributed by atoms with E-state index in [0.717, 1.165) is 5.46 Å². The minimum Gasteiger partial charge on any atom is -0.870 e. The van der Waals surface area contributed by atoms with Gasteiger partial charge >= 0.3 is 160 Å². The molecule has 5 aromatic carbocycles. The standard InChI is InChI=1S/C26H17B.2H2O/c27-20-16-14-19(15-17-20)26-23-12-6-4-10-21(23)25(18-8-2-1-3-9-18)22-11-5-7-13-24(22)26;;/h1-17H;2*1H2/q+2;;/p-2. The van der Waals surface area contributed by atoms with Crippen molar-refractivity contribution in [1.82, 2.24) is 0 Å². The number of fused-ring (bicyclic) bond motifs is 2. The Hall–Kier alpha value is -3.40. The maximum absolute atomic E-state index is 5.93. The first-order valence-corrected chi connectivity index (χ1v) is 9.18. The van der Waals surface area contributed by atoms with Gasteiger partial charge < -0.3 is 11.0 Å². The first-order valence-electron chi connectivity index (χ1n) is 9.18. The SMILES string of the molecule is [B+2]c1ccc(-c2c3ccccc3c(-c3ccccc3)c3ccccc23)cc1.[OH-].[OH-]. The molecule has 0 saturated heterocycles. The van der Waals surface area contributed by atoms with Gasteiger partial charge in [-0.1, -0.05) is 0 Å². The van der Waals surface area contributed by atoms with Crippen LogP contribution in [0.25, 0.3) is 43.8 Å². The van der Waals surface area contributed by atoms with E-state index in [1.807, 2.05) is 12.1 Å². The van der Waals surface area contributed by atoms with E-state index in [1.165, 1.54) is 43.8 Å². The first-order chi connectivity index (χ1) is 13.3. The third-order valence-corrected chi connectivity index (χ3v) is 5.19. The van der Waals surface area contributed by atoms with E-state index in [-0.39, 0.29) is 11.0 Å². The smallest absolute Gasteiger partial charge is 0.870 e. The van der Waals surface area contributed by atoms with E-state index in [4.69, 9.17) is 7.85 Å². The third kappa shape index (κ3) is 3.42. The molecule has 29 heavy (non-hydrogen) atoms. The Bertz CT molecular complexity index is 1210. The predicted octanol–water partition coefficient (Wildman–Crippen LogP) is 5.77. The number of hydrogen-bond donors (Lipinski definition) is 0. The van der Waals surface area contributed by atoms with Gasteiger partial charge in [-0.25, -0.2) is 0 Å². The van der Waals surface area contributed by atoms with Crippen LogP contribution in [0.15, 0.2) is 103 Å². The van der Waals surface area contributed by atoms with Crippen molar-refractivity contribution in [3.05, 3.63) is 103 Å². The molecule has 0 fully saturated rings. The zero-order chi connectivity index (χ0) is 18.2. The molecule has 5 rings (SSSR count). The summed E-state index contributed by atoms with van der Waals surface area (Å²) in [6.45, 7) is 0. The van der Waals surface area contributed by atoms with E-state index in [2.05, 4.69) is 91.0 Å². The summed E-state index contributed by atoms with van der Waals surface area (Å²) in [7, 11) is 5.93. The molecule has 5 aromatic rings. The fourth-order valence-corrected chi connectivity index (χ4v) is 4.01. The number of rotatable bonds is 2. The Kier molecular flexibility index (Phi) is 5.83. The second-order valence-corrected chi connectivity index (χ2v) is 6.83. The van der Waals surface area contributed by atoms with Crippen molar-refractivity contribution in [2.75, 3.05) is 0 Å². The fourth-order valence-electron chi connectivity index (χ4n) is 4.01. The number of benzene rings is 5. The van der Waals surface area contributed by atoms with Gasteiger partial charge in [0.05, 0.1) is 0 Å². The van der Waals surface area contributed by atoms with Crippen LogP contribution >= 0.6 is 0 Å². The molecule has 0 aromatic heterocycles. The van der Waals surface area contributed by atoms with Crippen LogP contribution in [-0.4, -0.2) is 18.8 Å². The van der Waals surface area contributed by atoms with Gasteiger partial charge in [0.15, 0.2) is 0 Å². The summed E-state index contributed by atoms with van der Waals surface area (Å²) in [5, 5.41) is 5.07. The molecule has 0 atom stereocenters. The van der Waals surface area contributed by atoms with Crippen LogP contribution in [-0.2, 0) is 0 Å². The summed E-state index contributed by atoms with van der Waals surface area (Å²) < 4.78 is 0. The minimum absolute atomic E-state index is 0. The zero-order valence-corrected chi connectivity index (χ0v) is 15.8. The molecule has 3 heteroatoms. The van der Waals surface area contributed by atoms with E-state index >= 15 is 0 Å². The normalized spacial score (nSPS) is 10.4. The van der Waals surface area contributed by atoms with E-state index in [9.17, 15) is 0 Å². The largest absolute Gasteiger partial charge is 0.870 e. The molecule has 0 saturated carbocycles. The molecule has 0 aliphatic rings. The monoisotopic (exact) mass is 374 g/mol. The van der Waals surface area contributed by atoms with Crippen molar-refractivity contribution in [3.63, 3.8) is 0 Å². The maximum Gasteiger partial charge on any atom is -0.870 e. The van der Waals surface area contributed by atoms with Crippen molar-refractivity contribution < 1.29 is 11.0 Å². The summed E-state index contributed by atoms with van der Waals surface area (Å²) in [5.74, 6) is 0. The molecule has 2 nitrogen and oxygen atoms in total. The minimum atomic E-state index is 0. The molecule has 0 bridgehead atoms. The van der Waals surface area contributed by atoms with Gasteiger partial charge in [-0.05, 0) is 0 Å². The topological polar surface area (TPSA) is 60.0 Å². The van der Waals surface area contributed by atoms with Crippen LogP contribution < -0.4 is 5.46 Å². The maximum atomic E-state index is 5.93. The van der Waals surface area contributed by atoms with Crippen molar-refractivity contribution in [3.8, 4) is 22.3 Å². The van der Waals surface area contributed by atoms with Crippen molar-refractivity contribution in [1.29, 1.82) is 0 Å². The molecular formula is C26H19BO2. The van der Waals surface area contributed by atoms with Gasteiger partial charge in [-0.15, -0.1) is 0 Å². The summed E-state index contributed by atoms with van der Waals surface area (Å²) in [6.07, 6.45) is 0. The molecule has 2 N–H and O–H groups in total. The van der Waals surface area contributed by atoms with Crippen LogP contribution in [0.5, 0.6) is 0 Å². The van der Waals surface area contributed by atoms with E-state index < -0.39 is 0 Å². The molecule has 0 aliphatic heterocycles. The van der Waals surface area contributed by atoms with Gasteiger partial charge in [0, 0.05) is 0 Å². The zero-order valence-electron chi connectivity index (χ0n) is 15.8. The second kappa shape index (κ2) is 8.32. The van der Waals surface area contributed by atoms with Gasteiger partial charge in [-0.3, -0.25) is 0 Å². The molecule has 0 aliphatic carbocycles. The van der Waals surface area contributed by atoms with Crippen molar-refractivity contribution >= 4 is 34.9 Å². The fraction of sp³-hybridized carbons (Fsp3) is 0. The van der Waals surface area contributed by atoms with Crippen LogP contribution in [0.4, 0.5) is 0 Å². The van der Waals surface area contributed by atoms with E-state index in [1.54, 1.807) is 0 Å². The average molecular weight is 374 g/mol. The molecule has 0 radical (unpaired) electrons. The van der Waals surface area contributed by atoms with E-state index in [0.29, 0.717) is 0 Å². The van der Waals surface area contributed by atoms with Crippen molar-refractivity contribution in [2.45, 2.75) is 0 Å². The molecule has 0 unspecified atom stereocenters. The molecular weight excluding hydrogens is 355 g/mol. The van der Waals surface area contributed by atoms with Gasteiger partial charge in [0.1, 0.15) is 0 Å². The Morgan fingerprint density at radius 2 is 0.724 bits per heavy atom. The van der Waals surface area contributed by atoms with Crippen LogP contribution in [0.3, 0.4) is 0 Å². The second-order valence-electron chi connectivity index (χ2n) is 6.83. The van der Waals surface area contributed by atoms with Crippen LogP contribution in [0.1, 0.15) is 0 Å². The summed E-state index contributed by atoms with van der Waals surface area (Å²) >= 11 is 0. The van der Waals surface area contributed by atoms with Crippen LogP contribution in [0, 0.1) is 0 Å². The van der Waals surface area contributed by atoms with Crippen molar-refractivity contribution in [2.24, 2.45) is 0 Å². The molecule has 138 valence electrons. The Labute approximate surface area is 171 Å². The predicted molar refractivity (Wildman–Crippen MR) is 122 cm³/mol. The third-order valence-electron chi connectivity index (χ3n) is 5.19. The molecule has 0 amide bonds. The summed E-state index contributed by atoms with van der Waals surface area (Å²) in [5.41, 5.74) is 5.78.